The zero-order chi connectivity index (χ0) is 15.7. The van der Waals surface area contributed by atoms with Gasteiger partial charge in [-0.25, -0.2) is 0 Å². The smallest absolute Gasteiger partial charge is 0.246 e. The number of amides is 1. The first-order valence-electron chi connectivity index (χ1n) is 6.93. The number of carbonyl (C=O) groups is 1. The second kappa shape index (κ2) is 9.33. The highest BCUT2D eigenvalue weighted by molar-refractivity contribution is 5.77. The molecule has 118 valence electrons. The number of ether oxygens (including phenoxy) is 2. The third-order valence-electron chi connectivity index (χ3n) is 3.09. The second-order valence-corrected chi connectivity index (χ2v) is 4.90. The molecule has 0 bridgehead atoms. The first-order chi connectivity index (χ1) is 10.1. The van der Waals surface area contributed by atoms with E-state index in [1.54, 1.807) is 7.11 Å². The summed E-state index contributed by atoms with van der Waals surface area (Å²) in [6.45, 7) is 1.35. The lowest BCUT2D eigenvalue weighted by Gasteiger charge is -2.25. The van der Waals surface area contributed by atoms with Crippen molar-refractivity contribution in [2.24, 2.45) is 5.73 Å². The van der Waals surface area contributed by atoms with Crippen molar-refractivity contribution in [1.82, 2.24) is 10.2 Å². The first kappa shape index (κ1) is 17.4. The number of methoxy groups -OCH3 is 1. The van der Waals surface area contributed by atoms with Crippen molar-refractivity contribution in [3.63, 3.8) is 0 Å². The molecule has 0 saturated heterocycles. The Morgan fingerprint density at radius 3 is 2.81 bits per heavy atom. The van der Waals surface area contributed by atoms with Crippen LogP contribution in [-0.4, -0.2) is 58.3 Å². The van der Waals surface area contributed by atoms with Crippen molar-refractivity contribution in [1.29, 1.82) is 0 Å². The molecule has 1 amide bonds. The van der Waals surface area contributed by atoms with Crippen molar-refractivity contribution in [3.05, 3.63) is 29.8 Å². The molecule has 0 radical (unpaired) electrons. The number of likely N-dealkylation sites (N-methyl/N-ethyl adjacent to an activating group) is 1. The molecule has 1 aromatic rings. The van der Waals surface area contributed by atoms with Gasteiger partial charge >= 0.3 is 0 Å². The Bertz CT molecular complexity index is 438. The van der Waals surface area contributed by atoms with Crippen LogP contribution in [0.5, 0.6) is 5.75 Å². The predicted molar refractivity (Wildman–Crippen MR) is 82.3 cm³/mol. The second-order valence-electron chi connectivity index (χ2n) is 4.90. The molecule has 0 aliphatic heterocycles. The molecule has 0 fully saturated rings. The molecule has 21 heavy (non-hydrogen) atoms. The number of hydrogen-bond donors (Lipinski definition) is 2. The molecule has 0 saturated carbocycles. The van der Waals surface area contributed by atoms with E-state index in [1.165, 1.54) is 0 Å². The van der Waals surface area contributed by atoms with Gasteiger partial charge in [0, 0.05) is 13.1 Å². The summed E-state index contributed by atoms with van der Waals surface area (Å²) < 4.78 is 10.3. The molecule has 6 heteroatoms. The fourth-order valence-corrected chi connectivity index (χ4v) is 1.96. The molecule has 0 aromatic heterocycles. The van der Waals surface area contributed by atoms with E-state index in [1.807, 2.05) is 38.4 Å². The van der Waals surface area contributed by atoms with E-state index < -0.39 is 0 Å². The average molecular weight is 295 g/mol. The molecule has 0 aliphatic rings. The maximum atomic E-state index is 11.7. The van der Waals surface area contributed by atoms with Crippen LogP contribution in [0.15, 0.2) is 24.3 Å². The first-order valence-corrected chi connectivity index (χ1v) is 6.93. The van der Waals surface area contributed by atoms with Crippen LogP contribution in [0.1, 0.15) is 11.6 Å². The molecule has 1 rings (SSSR count). The third kappa shape index (κ3) is 6.12. The number of benzene rings is 1. The van der Waals surface area contributed by atoms with Gasteiger partial charge in [0.1, 0.15) is 12.4 Å². The van der Waals surface area contributed by atoms with Gasteiger partial charge in [0.15, 0.2) is 0 Å². The number of nitrogens with two attached hydrogens (primary N) is 1. The summed E-state index contributed by atoms with van der Waals surface area (Å²) in [6, 6.07) is 7.90. The van der Waals surface area contributed by atoms with Crippen molar-refractivity contribution in [2.45, 2.75) is 6.04 Å². The van der Waals surface area contributed by atoms with E-state index in [0.29, 0.717) is 19.7 Å². The lowest BCUT2D eigenvalue weighted by molar-refractivity contribution is -0.125. The van der Waals surface area contributed by atoms with E-state index in [4.69, 9.17) is 15.2 Å². The zero-order valence-corrected chi connectivity index (χ0v) is 13.0. The predicted octanol–water partition coefficient (Wildman–Crippen LogP) is 0.389. The van der Waals surface area contributed by atoms with Gasteiger partial charge in [-0.3, -0.25) is 4.79 Å². The number of rotatable bonds is 9. The van der Waals surface area contributed by atoms with Crippen LogP contribution in [0.25, 0.3) is 0 Å². The Labute approximate surface area is 126 Å². The van der Waals surface area contributed by atoms with Gasteiger partial charge in [0.05, 0.1) is 19.8 Å². The average Bonchev–Trinajstić information content (AvgIpc) is 2.47. The Morgan fingerprint density at radius 2 is 2.19 bits per heavy atom. The fraction of sp³-hybridized carbons (Fsp3) is 0.533. The Hall–Kier alpha value is -1.63. The van der Waals surface area contributed by atoms with Gasteiger partial charge in [-0.15, -0.1) is 0 Å². The molecule has 1 atom stereocenters. The quantitative estimate of drug-likeness (QED) is 0.645. The molecule has 6 nitrogen and oxygen atoms in total. The van der Waals surface area contributed by atoms with Crippen LogP contribution in [-0.2, 0) is 9.53 Å². The van der Waals surface area contributed by atoms with Gasteiger partial charge < -0.3 is 25.4 Å². The summed E-state index contributed by atoms with van der Waals surface area (Å²) in [5.74, 6) is 0.662. The van der Waals surface area contributed by atoms with Crippen LogP contribution >= 0.6 is 0 Å². The summed E-state index contributed by atoms with van der Waals surface area (Å²) in [5, 5.41) is 2.87. The normalized spacial score (nSPS) is 12.2. The number of carbonyl (C=O) groups excluding carboxylic acids is 1. The molecule has 0 spiro atoms. The SMILES string of the molecule is COc1cccc(C(CNC(=O)COCCN)N(C)C)c1. The molecule has 1 aromatic carbocycles. The van der Waals surface area contributed by atoms with Crippen molar-refractivity contribution in [2.75, 3.05) is 47.5 Å². The summed E-state index contributed by atoms with van der Waals surface area (Å²) in [5.41, 5.74) is 6.39. The van der Waals surface area contributed by atoms with Crippen LogP contribution in [0, 0.1) is 0 Å². The van der Waals surface area contributed by atoms with E-state index in [2.05, 4.69) is 10.2 Å². The fourth-order valence-electron chi connectivity index (χ4n) is 1.96. The Balaban J connectivity index is 2.59. The number of nitrogens with zero attached hydrogens (tertiary/aromatic N) is 1. The van der Waals surface area contributed by atoms with E-state index in [9.17, 15) is 4.79 Å². The maximum absolute atomic E-state index is 11.7. The molecular formula is C15H25N3O3. The minimum atomic E-state index is -0.141. The standard InChI is InChI=1S/C15H25N3O3/c1-18(2)14(10-17-15(19)11-21-8-7-16)12-5-4-6-13(9-12)20-3/h4-6,9,14H,7-8,10-11,16H2,1-3H3,(H,17,19). The summed E-state index contributed by atoms with van der Waals surface area (Å²) in [6.07, 6.45) is 0. The topological polar surface area (TPSA) is 76.8 Å². The Morgan fingerprint density at radius 1 is 1.43 bits per heavy atom. The monoisotopic (exact) mass is 295 g/mol. The van der Waals surface area contributed by atoms with Crippen molar-refractivity contribution < 1.29 is 14.3 Å². The van der Waals surface area contributed by atoms with Crippen molar-refractivity contribution >= 4 is 5.91 Å². The lowest BCUT2D eigenvalue weighted by atomic mass is 10.1. The number of hydrogen-bond acceptors (Lipinski definition) is 5. The minimum Gasteiger partial charge on any atom is -0.497 e. The highest BCUT2D eigenvalue weighted by atomic mass is 16.5. The van der Waals surface area contributed by atoms with Gasteiger partial charge in [0.2, 0.25) is 5.91 Å². The largest absolute Gasteiger partial charge is 0.497 e. The highest BCUT2D eigenvalue weighted by Crippen LogP contribution is 2.21. The van der Waals surface area contributed by atoms with Gasteiger partial charge in [-0.05, 0) is 31.8 Å². The van der Waals surface area contributed by atoms with E-state index in [0.717, 1.165) is 11.3 Å². The van der Waals surface area contributed by atoms with Crippen LogP contribution in [0.2, 0.25) is 0 Å². The summed E-state index contributed by atoms with van der Waals surface area (Å²) >= 11 is 0. The maximum Gasteiger partial charge on any atom is 0.246 e. The molecule has 0 heterocycles. The minimum absolute atomic E-state index is 0.0372. The van der Waals surface area contributed by atoms with Crippen molar-refractivity contribution in [3.8, 4) is 5.75 Å². The van der Waals surface area contributed by atoms with Gasteiger partial charge in [-0.2, -0.15) is 0 Å². The van der Waals surface area contributed by atoms with Gasteiger partial charge in [-0.1, -0.05) is 12.1 Å². The van der Waals surface area contributed by atoms with E-state index in [-0.39, 0.29) is 18.6 Å². The summed E-state index contributed by atoms with van der Waals surface area (Å²) in [4.78, 5) is 13.7. The molecular weight excluding hydrogens is 270 g/mol. The molecule has 3 N–H and O–H groups in total. The summed E-state index contributed by atoms with van der Waals surface area (Å²) in [7, 11) is 5.59. The van der Waals surface area contributed by atoms with Crippen LogP contribution < -0.4 is 15.8 Å². The Kier molecular flexibility index (Phi) is 7.74. The van der Waals surface area contributed by atoms with Crippen LogP contribution in [0.4, 0.5) is 0 Å². The zero-order valence-electron chi connectivity index (χ0n) is 13.0. The van der Waals surface area contributed by atoms with Crippen LogP contribution in [0.3, 0.4) is 0 Å². The molecule has 0 aliphatic carbocycles. The number of nitrogens with one attached hydrogen (secondary N) is 1. The lowest BCUT2D eigenvalue weighted by Crippen LogP contribution is -2.36. The highest BCUT2D eigenvalue weighted by Gasteiger charge is 2.15. The molecule has 1 unspecified atom stereocenters. The third-order valence-corrected chi connectivity index (χ3v) is 3.09. The van der Waals surface area contributed by atoms with E-state index >= 15 is 0 Å². The van der Waals surface area contributed by atoms with Gasteiger partial charge in [0.25, 0.3) is 0 Å².